The Hall–Kier alpha value is -1.88. The maximum Gasteiger partial charge on any atom is 0.283 e. The molecule has 0 aliphatic carbocycles. The van der Waals surface area contributed by atoms with E-state index in [1.165, 1.54) is 11.3 Å². The second kappa shape index (κ2) is 5.25. The summed E-state index contributed by atoms with van der Waals surface area (Å²) in [5.74, 6) is 0. The number of anilines is 1. The Morgan fingerprint density at radius 3 is 2.85 bits per heavy atom. The van der Waals surface area contributed by atoms with Crippen LogP contribution < -0.4 is 4.90 Å². The van der Waals surface area contributed by atoms with E-state index in [0.29, 0.717) is 11.0 Å². The van der Waals surface area contributed by atoms with Gasteiger partial charge in [0.25, 0.3) is 5.69 Å². The van der Waals surface area contributed by atoms with Crippen molar-refractivity contribution >= 4 is 27.3 Å². The number of para-hydroxylation sites is 1. The van der Waals surface area contributed by atoms with Gasteiger partial charge in [-0.2, -0.15) is 0 Å². The van der Waals surface area contributed by atoms with Gasteiger partial charge in [-0.3, -0.25) is 10.1 Å². The lowest BCUT2D eigenvalue weighted by atomic mass is 10.1. The van der Waals surface area contributed by atoms with Crippen LogP contribution >= 0.6 is 15.9 Å². The van der Waals surface area contributed by atoms with E-state index in [-0.39, 0.29) is 10.6 Å². The van der Waals surface area contributed by atoms with Crippen LogP contribution in [0.3, 0.4) is 0 Å². The first-order valence-electron chi connectivity index (χ1n) is 6.41. The third kappa shape index (κ3) is 2.41. The summed E-state index contributed by atoms with van der Waals surface area (Å²) in [7, 11) is 0. The van der Waals surface area contributed by atoms with Crippen LogP contribution in [0.25, 0.3) is 0 Å². The fraction of sp³-hybridized carbons (Fsp3) is 0.200. The molecule has 0 fully saturated rings. The van der Waals surface area contributed by atoms with E-state index in [1.807, 2.05) is 18.2 Å². The van der Waals surface area contributed by atoms with E-state index in [9.17, 15) is 10.1 Å². The summed E-state index contributed by atoms with van der Waals surface area (Å²) in [6, 6.07) is 13.6. The summed E-state index contributed by atoms with van der Waals surface area (Å²) in [6.07, 6.45) is 1.04. The second-order valence-corrected chi connectivity index (χ2v) is 5.70. The number of hydrogen-bond donors (Lipinski definition) is 0. The molecule has 0 saturated heterocycles. The minimum atomic E-state index is -0.356. The molecule has 0 saturated carbocycles. The van der Waals surface area contributed by atoms with Crippen LogP contribution in [0.4, 0.5) is 11.4 Å². The maximum atomic E-state index is 11.0. The summed E-state index contributed by atoms with van der Waals surface area (Å²) in [6.45, 7) is 1.66. The van der Waals surface area contributed by atoms with Crippen molar-refractivity contribution in [3.63, 3.8) is 0 Å². The number of rotatable bonds is 3. The zero-order valence-electron chi connectivity index (χ0n) is 10.8. The van der Waals surface area contributed by atoms with E-state index in [4.69, 9.17) is 0 Å². The highest BCUT2D eigenvalue weighted by atomic mass is 79.9. The smallest absolute Gasteiger partial charge is 0.283 e. The number of hydrogen-bond acceptors (Lipinski definition) is 3. The van der Waals surface area contributed by atoms with Crippen LogP contribution in [0.5, 0.6) is 0 Å². The number of benzene rings is 2. The normalized spacial score (nSPS) is 13.3. The van der Waals surface area contributed by atoms with Crippen molar-refractivity contribution in [3.8, 4) is 0 Å². The molecule has 0 atom stereocenters. The molecule has 0 N–H and O–H groups in total. The molecule has 2 aromatic rings. The van der Waals surface area contributed by atoms with Gasteiger partial charge in [-0.05, 0) is 45.6 Å². The van der Waals surface area contributed by atoms with Crippen LogP contribution in [0, 0.1) is 10.1 Å². The molecule has 5 heteroatoms. The predicted molar refractivity (Wildman–Crippen MR) is 82.0 cm³/mol. The highest BCUT2D eigenvalue weighted by Gasteiger charge is 2.19. The molecule has 3 rings (SSSR count). The molecule has 1 aliphatic rings. The molecule has 0 radical (unpaired) electrons. The number of halogens is 1. The number of nitrogens with zero attached hydrogens (tertiary/aromatic N) is 2. The number of fused-ring (bicyclic) bond motifs is 1. The van der Waals surface area contributed by atoms with Crippen molar-refractivity contribution in [2.24, 2.45) is 0 Å². The highest BCUT2D eigenvalue weighted by molar-refractivity contribution is 9.10. The monoisotopic (exact) mass is 332 g/mol. The number of nitro benzene ring substituents is 1. The van der Waals surface area contributed by atoms with Gasteiger partial charge >= 0.3 is 0 Å². The molecule has 20 heavy (non-hydrogen) atoms. The fourth-order valence-electron chi connectivity index (χ4n) is 2.59. The quantitative estimate of drug-likeness (QED) is 0.632. The van der Waals surface area contributed by atoms with Gasteiger partial charge in [0.1, 0.15) is 0 Å². The van der Waals surface area contributed by atoms with Gasteiger partial charge in [0.15, 0.2) is 0 Å². The third-order valence-electron chi connectivity index (χ3n) is 3.56. The Morgan fingerprint density at radius 2 is 2.05 bits per heavy atom. The van der Waals surface area contributed by atoms with Crippen molar-refractivity contribution in [2.75, 3.05) is 11.4 Å². The topological polar surface area (TPSA) is 46.4 Å². The van der Waals surface area contributed by atoms with Crippen LogP contribution in [-0.4, -0.2) is 11.5 Å². The van der Waals surface area contributed by atoms with Crippen LogP contribution in [-0.2, 0) is 13.0 Å². The lowest BCUT2D eigenvalue weighted by Gasteiger charge is -2.19. The molecular weight excluding hydrogens is 320 g/mol. The maximum absolute atomic E-state index is 11.0. The van der Waals surface area contributed by atoms with Crippen LogP contribution in [0.1, 0.15) is 11.1 Å². The SMILES string of the molecule is O=[N+]([O-])c1cc(CN2CCc3ccccc32)ccc1Br. The zero-order chi connectivity index (χ0) is 14.1. The Labute approximate surface area is 125 Å². The predicted octanol–water partition coefficient (Wildman–Crippen LogP) is 3.92. The summed E-state index contributed by atoms with van der Waals surface area (Å²) in [4.78, 5) is 12.9. The average Bonchev–Trinajstić information content (AvgIpc) is 2.84. The number of nitro groups is 1. The van der Waals surface area contributed by atoms with Gasteiger partial charge < -0.3 is 4.90 Å². The van der Waals surface area contributed by atoms with E-state index in [2.05, 4.69) is 33.0 Å². The summed E-state index contributed by atoms with van der Waals surface area (Å²) >= 11 is 3.21. The van der Waals surface area contributed by atoms with Gasteiger partial charge in [-0.1, -0.05) is 24.3 Å². The Balaban J connectivity index is 1.86. The minimum absolute atomic E-state index is 0.120. The molecule has 1 aliphatic heterocycles. The molecule has 102 valence electrons. The van der Waals surface area contributed by atoms with Gasteiger partial charge in [-0.25, -0.2) is 0 Å². The molecule has 4 nitrogen and oxygen atoms in total. The molecule has 0 amide bonds. The molecule has 1 heterocycles. The lowest BCUT2D eigenvalue weighted by Crippen LogP contribution is -2.19. The minimum Gasteiger partial charge on any atom is -0.367 e. The first-order valence-corrected chi connectivity index (χ1v) is 7.20. The molecular formula is C15H13BrN2O2. The van der Waals surface area contributed by atoms with Crippen molar-refractivity contribution in [3.05, 3.63) is 68.2 Å². The highest BCUT2D eigenvalue weighted by Crippen LogP contribution is 2.31. The summed E-state index contributed by atoms with van der Waals surface area (Å²) in [5.41, 5.74) is 3.66. The van der Waals surface area contributed by atoms with E-state index in [0.717, 1.165) is 18.5 Å². The Morgan fingerprint density at radius 1 is 1.25 bits per heavy atom. The molecule has 0 aromatic heterocycles. The average molecular weight is 333 g/mol. The van der Waals surface area contributed by atoms with Crippen molar-refractivity contribution in [1.29, 1.82) is 0 Å². The summed E-state index contributed by atoms with van der Waals surface area (Å²) < 4.78 is 0.521. The molecule has 2 aromatic carbocycles. The summed E-state index contributed by atoms with van der Waals surface area (Å²) in [5, 5.41) is 11.0. The molecule has 0 unspecified atom stereocenters. The largest absolute Gasteiger partial charge is 0.367 e. The van der Waals surface area contributed by atoms with Crippen molar-refractivity contribution < 1.29 is 4.92 Å². The van der Waals surface area contributed by atoms with Crippen LogP contribution in [0.15, 0.2) is 46.9 Å². The Kier molecular flexibility index (Phi) is 3.44. The first kappa shape index (κ1) is 13.1. The van der Waals surface area contributed by atoms with Gasteiger partial charge in [0.2, 0.25) is 0 Å². The molecule has 0 spiro atoms. The standard InChI is InChI=1S/C15H13BrN2O2/c16-13-6-5-11(9-15(13)18(19)20)10-17-8-7-12-3-1-2-4-14(12)17/h1-6,9H,7-8,10H2. The zero-order valence-corrected chi connectivity index (χ0v) is 12.3. The first-order chi connectivity index (χ1) is 9.65. The van der Waals surface area contributed by atoms with Gasteiger partial charge in [-0.15, -0.1) is 0 Å². The van der Waals surface area contributed by atoms with E-state index < -0.39 is 0 Å². The van der Waals surface area contributed by atoms with Gasteiger partial charge in [0.05, 0.1) is 9.40 Å². The lowest BCUT2D eigenvalue weighted by molar-refractivity contribution is -0.385. The van der Waals surface area contributed by atoms with E-state index in [1.54, 1.807) is 12.1 Å². The van der Waals surface area contributed by atoms with Gasteiger partial charge in [0, 0.05) is 24.8 Å². The van der Waals surface area contributed by atoms with Crippen molar-refractivity contribution in [1.82, 2.24) is 0 Å². The molecule has 0 bridgehead atoms. The van der Waals surface area contributed by atoms with Crippen LogP contribution in [0.2, 0.25) is 0 Å². The fourth-order valence-corrected chi connectivity index (χ4v) is 2.98. The van der Waals surface area contributed by atoms with E-state index >= 15 is 0 Å². The Bertz CT molecular complexity index is 673. The second-order valence-electron chi connectivity index (χ2n) is 4.84. The van der Waals surface area contributed by atoms with Crippen molar-refractivity contribution in [2.45, 2.75) is 13.0 Å². The third-order valence-corrected chi connectivity index (χ3v) is 4.23.